The summed E-state index contributed by atoms with van der Waals surface area (Å²) >= 11 is 0. The SMILES string of the molecule is Cc1ccc([N+](=O)[O-])cc1NC(=O)C1(N)CC1. The van der Waals surface area contributed by atoms with Gasteiger partial charge in [0.2, 0.25) is 5.91 Å². The Labute approximate surface area is 98.0 Å². The first-order valence-electron chi connectivity index (χ1n) is 5.28. The number of amides is 1. The van der Waals surface area contributed by atoms with Gasteiger partial charge < -0.3 is 11.1 Å². The van der Waals surface area contributed by atoms with Gasteiger partial charge in [-0.3, -0.25) is 14.9 Å². The lowest BCUT2D eigenvalue weighted by molar-refractivity contribution is -0.384. The van der Waals surface area contributed by atoms with Crippen molar-refractivity contribution >= 4 is 17.3 Å². The van der Waals surface area contributed by atoms with Crippen molar-refractivity contribution in [3.8, 4) is 0 Å². The number of nitrogens with one attached hydrogen (secondary N) is 1. The quantitative estimate of drug-likeness (QED) is 0.610. The average Bonchev–Trinajstić information content (AvgIpc) is 3.00. The van der Waals surface area contributed by atoms with Crippen molar-refractivity contribution in [2.45, 2.75) is 25.3 Å². The molecule has 1 aromatic carbocycles. The molecule has 1 amide bonds. The molecule has 1 saturated carbocycles. The first kappa shape index (κ1) is 11.5. The molecule has 3 N–H and O–H groups in total. The minimum Gasteiger partial charge on any atom is -0.324 e. The van der Waals surface area contributed by atoms with E-state index in [0.29, 0.717) is 18.5 Å². The molecule has 0 aliphatic heterocycles. The average molecular weight is 235 g/mol. The molecule has 0 spiro atoms. The van der Waals surface area contributed by atoms with E-state index < -0.39 is 10.5 Å². The highest BCUT2D eigenvalue weighted by Gasteiger charge is 2.46. The maximum absolute atomic E-state index is 11.7. The zero-order chi connectivity index (χ0) is 12.6. The molecule has 17 heavy (non-hydrogen) atoms. The van der Waals surface area contributed by atoms with Gasteiger partial charge >= 0.3 is 0 Å². The lowest BCUT2D eigenvalue weighted by atomic mass is 10.1. The number of carbonyl (C=O) groups excluding carboxylic acids is 1. The molecule has 1 aromatic rings. The number of rotatable bonds is 3. The highest BCUT2D eigenvalue weighted by Crippen LogP contribution is 2.34. The van der Waals surface area contributed by atoms with Crippen LogP contribution in [0.25, 0.3) is 0 Å². The molecular weight excluding hydrogens is 222 g/mol. The first-order valence-corrected chi connectivity index (χ1v) is 5.28. The lowest BCUT2D eigenvalue weighted by Gasteiger charge is -2.11. The summed E-state index contributed by atoms with van der Waals surface area (Å²) in [6, 6.07) is 4.35. The number of nitrogens with zero attached hydrogens (tertiary/aromatic N) is 1. The Bertz CT molecular complexity index is 495. The Balaban J connectivity index is 2.22. The van der Waals surface area contributed by atoms with Crippen LogP contribution in [0.2, 0.25) is 0 Å². The Morgan fingerprint density at radius 2 is 2.18 bits per heavy atom. The van der Waals surface area contributed by atoms with Crippen molar-refractivity contribution in [3.05, 3.63) is 33.9 Å². The van der Waals surface area contributed by atoms with Crippen LogP contribution < -0.4 is 11.1 Å². The molecule has 90 valence electrons. The third kappa shape index (κ3) is 2.26. The third-order valence-corrected chi connectivity index (χ3v) is 2.92. The van der Waals surface area contributed by atoms with Crippen LogP contribution in [0.3, 0.4) is 0 Å². The van der Waals surface area contributed by atoms with Crippen LogP contribution in [-0.4, -0.2) is 16.4 Å². The number of aryl methyl sites for hydroxylation is 1. The van der Waals surface area contributed by atoms with Gasteiger partial charge in [-0.1, -0.05) is 6.07 Å². The van der Waals surface area contributed by atoms with Crippen LogP contribution in [0, 0.1) is 17.0 Å². The fourth-order valence-corrected chi connectivity index (χ4v) is 1.47. The fourth-order valence-electron chi connectivity index (χ4n) is 1.47. The number of nitro benzene ring substituents is 1. The number of benzene rings is 1. The Kier molecular flexibility index (Phi) is 2.59. The van der Waals surface area contributed by atoms with Crippen molar-refractivity contribution in [1.29, 1.82) is 0 Å². The molecule has 0 saturated heterocycles. The maximum Gasteiger partial charge on any atom is 0.271 e. The summed E-state index contributed by atoms with van der Waals surface area (Å²) in [5.41, 5.74) is 6.13. The Hall–Kier alpha value is -1.95. The molecule has 0 radical (unpaired) electrons. The van der Waals surface area contributed by atoms with E-state index in [1.54, 1.807) is 13.0 Å². The molecule has 6 heteroatoms. The summed E-state index contributed by atoms with van der Waals surface area (Å²) in [6.45, 7) is 1.77. The van der Waals surface area contributed by atoms with E-state index in [0.717, 1.165) is 5.56 Å². The van der Waals surface area contributed by atoms with Gasteiger partial charge in [0.1, 0.15) is 0 Å². The van der Waals surface area contributed by atoms with Gasteiger partial charge in [-0.2, -0.15) is 0 Å². The van der Waals surface area contributed by atoms with Gasteiger partial charge in [-0.15, -0.1) is 0 Å². The van der Waals surface area contributed by atoms with Crippen molar-refractivity contribution in [2.75, 3.05) is 5.32 Å². The van der Waals surface area contributed by atoms with Crippen LogP contribution in [0.1, 0.15) is 18.4 Å². The van der Waals surface area contributed by atoms with Gasteiger partial charge in [-0.25, -0.2) is 0 Å². The van der Waals surface area contributed by atoms with E-state index in [1.165, 1.54) is 12.1 Å². The molecule has 0 atom stereocenters. The van der Waals surface area contributed by atoms with Crippen LogP contribution in [0.4, 0.5) is 11.4 Å². The van der Waals surface area contributed by atoms with Crippen LogP contribution in [0.5, 0.6) is 0 Å². The summed E-state index contributed by atoms with van der Waals surface area (Å²) in [5, 5.41) is 13.3. The van der Waals surface area contributed by atoms with E-state index in [4.69, 9.17) is 5.73 Å². The Morgan fingerprint density at radius 1 is 1.53 bits per heavy atom. The van der Waals surface area contributed by atoms with E-state index in [9.17, 15) is 14.9 Å². The van der Waals surface area contributed by atoms with Crippen LogP contribution in [-0.2, 0) is 4.79 Å². The number of anilines is 1. The highest BCUT2D eigenvalue weighted by molar-refractivity contribution is 6.00. The number of hydrogen-bond donors (Lipinski definition) is 2. The molecule has 6 nitrogen and oxygen atoms in total. The zero-order valence-corrected chi connectivity index (χ0v) is 9.40. The largest absolute Gasteiger partial charge is 0.324 e. The topological polar surface area (TPSA) is 98.3 Å². The summed E-state index contributed by atoms with van der Waals surface area (Å²) in [5.74, 6) is -0.277. The second-order valence-corrected chi connectivity index (χ2v) is 4.37. The van der Waals surface area contributed by atoms with Crippen LogP contribution in [0.15, 0.2) is 18.2 Å². The van der Waals surface area contributed by atoms with Gasteiger partial charge in [0.15, 0.2) is 0 Å². The van der Waals surface area contributed by atoms with Gasteiger partial charge in [0, 0.05) is 12.1 Å². The molecule has 2 rings (SSSR count). The number of nitrogens with two attached hydrogens (primary N) is 1. The van der Waals surface area contributed by atoms with Crippen molar-refractivity contribution in [1.82, 2.24) is 0 Å². The van der Waals surface area contributed by atoms with Crippen molar-refractivity contribution in [3.63, 3.8) is 0 Å². The molecule has 1 aliphatic rings. The fraction of sp³-hybridized carbons (Fsp3) is 0.364. The second-order valence-electron chi connectivity index (χ2n) is 4.37. The zero-order valence-electron chi connectivity index (χ0n) is 9.40. The van der Waals surface area contributed by atoms with Gasteiger partial charge in [-0.05, 0) is 25.3 Å². The summed E-state index contributed by atoms with van der Waals surface area (Å²) in [6.07, 6.45) is 1.32. The molecule has 1 aliphatic carbocycles. The van der Waals surface area contributed by atoms with Crippen LogP contribution >= 0.6 is 0 Å². The van der Waals surface area contributed by atoms with Crippen molar-refractivity contribution < 1.29 is 9.72 Å². The third-order valence-electron chi connectivity index (χ3n) is 2.92. The van der Waals surface area contributed by atoms with E-state index >= 15 is 0 Å². The molecule has 0 aromatic heterocycles. The van der Waals surface area contributed by atoms with E-state index in [2.05, 4.69) is 5.32 Å². The maximum atomic E-state index is 11.7. The predicted molar refractivity (Wildman–Crippen MR) is 62.6 cm³/mol. The number of hydrogen-bond acceptors (Lipinski definition) is 4. The first-order chi connectivity index (χ1) is 7.92. The molecule has 0 bridgehead atoms. The standard InChI is InChI=1S/C11H13N3O3/c1-7-2-3-8(14(16)17)6-9(7)13-10(15)11(12)4-5-11/h2-3,6H,4-5,12H2,1H3,(H,13,15). The van der Waals surface area contributed by atoms with Gasteiger partial charge in [0.25, 0.3) is 5.69 Å². The molecule has 0 unspecified atom stereocenters. The molecule has 1 fully saturated rings. The van der Waals surface area contributed by atoms with Crippen molar-refractivity contribution in [2.24, 2.45) is 5.73 Å². The molecule has 0 heterocycles. The lowest BCUT2D eigenvalue weighted by Crippen LogP contribution is -2.38. The van der Waals surface area contributed by atoms with E-state index in [1.807, 2.05) is 0 Å². The minimum absolute atomic E-state index is 0.0484. The predicted octanol–water partition coefficient (Wildman–Crippen LogP) is 1.33. The number of carbonyl (C=O) groups is 1. The number of non-ortho nitro benzene ring substituents is 1. The van der Waals surface area contributed by atoms with E-state index in [-0.39, 0.29) is 11.6 Å². The van der Waals surface area contributed by atoms with Gasteiger partial charge in [0.05, 0.1) is 16.1 Å². The smallest absolute Gasteiger partial charge is 0.271 e. The highest BCUT2D eigenvalue weighted by atomic mass is 16.6. The number of nitro groups is 1. The Morgan fingerprint density at radius 3 is 2.71 bits per heavy atom. The second kappa shape index (κ2) is 3.81. The monoisotopic (exact) mass is 235 g/mol. The minimum atomic E-state index is -0.781. The summed E-state index contributed by atoms with van der Waals surface area (Å²) in [7, 11) is 0. The normalized spacial score (nSPS) is 16.4. The summed E-state index contributed by atoms with van der Waals surface area (Å²) < 4.78 is 0. The molecular formula is C11H13N3O3. The summed E-state index contributed by atoms with van der Waals surface area (Å²) in [4.78, 5) is 21.9.